The van der Waals surface area contributed by atoms with Crippen LogP contribution in [-0.4, -0.2) is 68.8 Å². The maximum absolute atomic E-state index is 6.25. The van der Waals surface area contributed by atoms with Crippen molar-refractivity contribution in [3.05, 3.63) is 36.7 Å². The minimum absolute atomic E-state index is 0.361. The molecule has 1 aromatic carbocycles. The van der Waals surface area contributed by atoms with Gasteiger partial charge in [-0.2, -0.15) is 5.10 Å². The molecule has 151 valence electrons. The molecule has 1 saturated heterocycles. The maximum atomic E-state index is 6.25. The van der Waals surface area contributed by atoms with E-state index < -0.39 is 0 Å². The van der Waals surface area contributed by atoms with Crippen LogP contribution < -0.4 is 5.73 Å². The molecule has 1 saturated carbocycles. The van der Waals surface area contributed by atoms with Gasteiger partial charge in [-0.15, -0.1) is 0 Å². The van der Waals surface area contributed by atoms with Crippen molar-refractivity contribution < 1.29 is 0 Å². The summed E-state index contributed by atoms with van der Waals surface area (Å²) in [6, 6.07) is 12.0. The highest BCUT2D eigenvalue weighted by molar-refractivity contribution is 5.98. The predicted molar refractivity (Wildman–Crippen MR) is 114 cm³/mol. The zero-order valence-corrected chi connectivity index (χ0v) is 17.0. The van der Waals surface area contributed by atoms with Crippen molar-refractivity contribution in [2.75, 3.05) is 39.0 Å². The fourth-order valence-electron chi connectivity index (χ4n) is 4.85. The van der Waals surface area contributed by atoms with Gasteiger partial charge < -0.3 is 10.6 Å². The van der Waals surface area contributed by atoms with Gasteiger partial charge in [0, 0.05) is 37.8 Å². The quantitative estimate of drug-likeness (QED) is 0.741. The molecule has 5 rings (SSSR count). The zero-order valence-electron chi connectivity index (χ0n) is 17.0. The van der Waals surface area contributed by atoms with Crippen LogP contribution in [0.25, 0.3) is 22.3 Å². The molecule has 2 fully saturated rings. The van der Waals surface area contributed by atoms with Gasteiger partial charge in [-0.05, 0) is 38.8 Å². The molecular weight excluding hydrogens is 362 g/mol. The second-order valence-electron chi connectivity index (χ2n) is 8.34. The van der Waals surface area contributed by atoms with Gasteiger partial charge in [-0.3, -0.25) is 4.90 Å². The van der Waals surface area contributed by atoms with E-state index in [1.165, 1.54) is 39.0 Å². The Morgan fingerprint density at radius 1 is 0.966 bits per heavy atom. The van der Waals surface area contributed by atoms with Gasteiger partial charge in [0.25, 0.3) is 0 Å². The SMILES string of the molecule is CN1CCN([C@H]2CC[C@H](n3nc(-c4cc[c]cc4)c4c(N)ncnc43)CC2)CC1. The smallest absolute Gasteiger partial charge is 0.164 e. The number of nitrogens with zero attached hydrogens (tertiary/aromatic N) is 6. The number of aromatic nitrogens is 4. The molecule has 1 aliphatic heterocycles. The van der Waals surface area contributed by atoms with Crippen LogP contribution in [0.3, 0.4) is 0 Å². The molecule has 0 atom stereocenters. The number of nitrogens with two attached hydrogens (primary N) is 1. The largest absolute Gasteiger partial charge is 0.383 e. The van der Waals surface area contributed by atoms with Gasteiger partial charge >= 0.3 is 0 Å². The van der Waals surface area contributed by atoms with E-state index in [1.54, 1.807) is 6.33 Å². The first-order chi connectivity index (χ1) is 14.2. The van der Waals surface area contributed by atoms with Crippen LogP contribution in [0.2, 0.25) is 0 Å². The van der Waals surface area contributed by atoms with Crippen LogP contribution in [-0.2, 0) is 0 Å². The highest BCUT2D eigenvalue weighted by Gasteiger charge is 2.30. The minimum Gasteiger partial charge on any atom is -0.383 e. The Kier molecular flexibility index (Phi) is 4.93. The number of hydrogen-bond acceptors (Lipinski definition) is 6. The summed E-state index contributed by atoms with van der Waals surface area (Å²) >= 11 is 0. The molecule has 0 spiro atoms. The Labute approximate surface area is 171 Å². The molecule has 3 aromatic rings. The summed E-state index contributed by atoms with van der Waals surface area (Å²) in [6.45, 7) is 4.74. The number of piperazine rings is 1. The number of benzene rings is 1. The summed E-state index contributed by atoms with van der Waals surface area (Å²) in [5.41, 5.74) is 8.99. The standard InChI is InChI=1S/C22H28N7/c1-27-11-13-28(14-12-27)17-7-9-18(10-8-17)29-22-19(21(23)24-15-25-22)20(26-29)16-5-3-2-4-6-16/h3-6,15,17-18H,7-14H2,1H3,(H2,23,24,25)/t17-,18-. The van der Waals surface area contributed by atoms with Crippen molar-refractivity contribution >= 4 is 16.9 Å². The van der Waals surface area contributed by atoms with E-state index in [2.05, 4.69) is 37.6 Å². The topological polar surface area (TPSA) is 76.1 Å². The zero-order chi connectivity index (χ0) is 19.8. The van der Waals surface area contributed by atoms with Crippen molar-refractivity contribution in [1.29, 1.82) is 0 Å². The van der Waals surface area contributed by atoms with Crippen molar-refractivity contribution in [1.82, 2.24) is 29.5 Å². The van der Waals surface area contributed by atoms with Gasteiger partial charge in [0.2, 0.25) is 0 Å². The Bertz CT molecular complexity index is 967. The van der Waals surface area contributed by atoms with Crippen LogP contribution in [0, 0.1) is 6.07 Å². The molecule has 29 heavy (non-hydrogen) atoms. The number of anilines is 1. The fourth-order valence-corrected chi connectivity index (χ4v) is 4.85. The summed E-state index contributed by atoms with van der Waals surface area (Å²) in [7, 11) is 2.22. The number of likely N-dealkylation sites (N-methyl/N-ethyl adjacent to an activating group) is 1. The molecule has 1 radical (unpaired) electrons. The average molecular weight is 391 g/mol. The molecule has 0 unspecified atom stereocenters. The van der Waals surface area contributed by atoms with Crippen molar-refractivity contribution in [2.24, 2.45) is 0 Å². The van der Waals surface area contributed by atoms with E-state index in [9.17, 15) is 0 Å². The monoisotopic (exact) mass is 390 g/mol. The van der Waals surface area contributed by atoms with E-state index in [0.29, 0.717) is 17.9 Å². The summed E-state index contributed by atoms with van der Waals surface area (Å²) in [6.07, 6.45) is 6.23. The first-order valence-corrected chi connectivity index (χ1v) is 10.6. The molecule has 3 heterocycles. The Balaban J connectivity index is 1.41. The minimum atomic E-state index is 0.361. The summed E-state index contributed by atoms with van der Waals surface area (Å²) in [5.74, 6) is 0.496. The van der Waals surface area contributed by atoms with Gasteiger partial charge in [-0.25, -0.2) is 14.6 Å². The van der Waals surface area contributed by atoms with E-state index >= 15 is 0 Å². The van der Waals surface area contributed by atoms with E-state index in [-0.39, 0.29) is 0 Å². The third-order valence-corrected chi connectivity index (χ3v) is 6.58. The molecule has 7 heteroatoms. The lowest BCUT2D eigenvalue weighted by Gasteiger charge is -2.41. The van der Waals surface area contributed by atoms with Crippen molar-refractivity contribution in [3.63, 3.8) is 0 Å². The van der Waals surface area contributed by atoms with Crippen LogP contribution >= 0.6 is 0 Å². The number of fused-ring (bicyclic) bond motifs is 1. The number of nitrogen functional groups attached to an aromatic ring is 1. The van der Waals surface area contributed by atoms with Gasteiger partial charge in [0.1, 0.15) is 17.8 Å². The van der Waals surface area contributed by atoms with E-state index in [1.807, 2.05) is 24.3 Å². The number of hydrogen-bond donors (Lipinski definition) is 1. The molecule has 1 aliphatic carbocycles. The molecule has 0 bridgehead atoms. The fraction of sp³-hybridized carbons (Fsp3) is 0.500. The lowest BCUT2D eigenvalue weighted by Crippen LogP contribution is -2.49. The van der Waals surface area contributed by atoms with Crippen molar-refractivity contribution in [2.45, 2.75) is 37.8 Å². The van der Waals surface area contributed by atoms with E-state index in [4.69, 9.17) is 10.8 Å². The maximum Gasteiger partial charge on any atom is 0.164 e. The molecule has 2 aromatic heterocycles. The van der Waals surface area contributed by atoms with Gasteiger partial charge in [0.05, 0.1) is 11.4 Å². The second kappa shape index (κ2) is 7.72. The average Bonchev–Trinajstić information content (AvgIpc) is 3.16. The Morgan fingerprint density at radius 2 is 1.66 bits per heavy atom. The predicted octanol–water partition coefficient (Wildman–Crippen LogP) is 2.61. The lowest BCUT2D eigenvalue weighted by molar-refractivity contribution is 0.0815. The highest BCUT2D eigenvalue weighted by atomic mass is 15.3. The van der Waals surface area contributed by atoms with Crippen LogP contribution in [0.1, 0.15) is 31.7 Å². The van der Waals surface area contributed by atoms with E-state index in [0.717, 1.165) is 35.1 Å². The summed E-state index contributed by atoms with van der Waals surface area (Å²) in [4.78, 5) is 13.9. The molecule has 2 N–H and O–H groups in total. The molecular formula is C22H28N7. The normalized spacial score (nSPS) is 24.2. The third kappa shape index (κ3) is 3.49. The van der Waals surface area contributed by atoms with Crippen LogP contribution in [0.5, 0.6) is 0 Å². The molecule has 7 nitrogen and oxygen atoms in total. The Morgan fingerprint density at radius 3 is 2.38 bits per heavy atom. The molecule has 0 amide bonds. The number of rotatable bonds is 3. The first-order valence-electron chi connectivity index (χ1n) is 10.6. The summed E-state index contributed by atoms with van der Waals surface area (Å²) in [5, 5.41) is 5.85. The first kappa shape index (κ1) is 18.5. The van der Waals surface area contributed by atoms with Crippen LogP contribution in [0.15, 0.2) is 30.6 Å². The summed E-state index contributed by atoms with van der Waals surface area (Å²) < 4.78 is 2.11. The van der Waals surface area contributed by atoms with Gasteiger partial charge in [0.15, 0.2) is 5.65 Å². The van der Waals surface area contributed by atoms with Gasteiger partial charge in [-0.1, -0.05) is 24.3 Å². The molecule has 2 aliphatic rings. The van der Waals surface area contributed by atoms with Crippen LogP contribution in [0.4, 0.5) is 5.82 Å². The van der Waals surface area contributed by atoms with Crippen molar-refractivity contribution in [3.8, 4) is 11.3 Å². The highest BCUT2D eigenvalue weighted by Crippen LogP contribution is 2.36. The third-order valence-electron chi connectivity index (χ3n) is 6.58. The Hall–Kier alpha value is -2.51. The second-order valence-corrected chi connectivity index (χ2v) is 8.34. The lowest BCUT2D eigenvalue weighted by atomic mass is 9.90.